The van der Waals surface area contributed by atoms with Crippen LogP contribution in [-0.4, -0.2) is 75.0 Å². The van der Waals surface area contributed by atoms with Gasteiger partial charge in [-0.1, -0.05) is 91.0 Å². The van der Waals surface area contributed by atoms with Crippen molar-refractivity contribution in [2.45, 2.75) is 50.2 Å². The maximum atomic E-state index is 13.9. The molecule has 0 radical (unpaired) electrons. The first-order valence-corrected chi connectivity index (χ1v) is 19.3. The highest BCUT2D eigenvalue weighted by atomic mass is 16.5. The van der Waals surface area contributed by atoms with Crippen LogP contribution in [0.15, 0.2) is 116 Å². The van der Waals surface area contributed by atoms with Gasteiger partial charge in [0.1, 0.15) is 23.4 Å². The first-order chi connectivity index (χ1) is 27.9. The van der Waals surface area contributed by atoms with Crippen molar-refractivity contribution < 1.29 is 23.9 Å². The predicted octanol–water partition coefficient (Wildman–Crippen LogP) is 7.81. The monoisotopic (exact) mass is 763 g/mol. The summed E-state index contributed by atoms with van der Waals surface area (Å²) >= 11 is 0. The van der Waals surface area contributed by atoms with Gasteiger partial charge in [0.05, 0.1) is 56.5 Å². The van der Waals surface area contributed by atoms with E-state index in [-0.39, 0.29) is 23.9 Å². The molecular formula is C45H45N7O5. The smallest absolute Gasteiger partial charge is 0.407 e. The average Bonchev–Trinajstić information content (AvgIpc) is 4.10. The SMILES string of the molecule is COC(=O)N[C@@H](C(=O)N1CCC[C@H]1c1ncc(-c2ccc(-c3ccc(-c4cnc([C@@H]5CCCN5C(=O)Cc5ccc(OC)cc5)[nH]4)cc3)cc2)[nH]1)c1ccccc1. The molecule has 0 saturated carbocycles. The molecule has 2 aliphatic heterocycles. The zero-order valence-electron chi connectivity index (χ0n) is 32.0. The van der Waals surface area contributed by atoms with Gasteiger partial charge in [0, 0.05) is 13.1 Å². The minimum atomic E-state index is -0.871. The molecule has 0 bridgehead atoms. The van der Waals surface area contributed by atoms with Crippen molar-refractivity contribution in [2.24, 2.45) is 0 Å². The molecule has 0 unspecified atom stereocenters. The lowest BCUT2D eigenvalue weighted by molar-refractivity contribution is -0.134. The van der Waals surface area contributed by atoms with E-state index in [0.717, 1.165) is 83.0 Å². The number of alkyl carbamates (subject to hydrolysis) is 1. The molecule has 0 aliphatic carbocycles. The first kappa shape index (κ1) is 37.2. The van der Waals surface area contributed by atoms with Crippen LogP contribution in [0.2, 0.25) is 0 Å². The Morgan fingerprint density at radius 3 is 1.77 bits per heavy atom. The Labute approximate surface area is 331 Å². The number of amides is 3. The van der Waals surface area contributed by atoms with Gasteiger partial charge in [-0.15, -0.1) is 0 Å². The van der Waals surface area contributed by atoms with E-state index in [0.29, 0.717) is 24.4 Å². The second-order valence-corrected chi connectivity index (χ2v) is 14.5. The van der Waals surface area contributed by atoms with E-state index in [2.05, 4.69) is 63.8 Å². The normalized spacial score (nSPS) is 17.0. The fourth-order valence-corrected chi connectivity index (χ4v) is 7.95. The predicted molar refractivity (Wildman–Crippen MR) is 216 cm³/mol. The second-order valence-electron chi connectivity index (χ2n) is 14.5. The van der Waals surface area contributed by atoms with Crippen molar-refractivity contribution in [3.63, 3.8) is 0 Å². The van der Waals surface area contributed by atoms with Gasteiger partial charge >= 0.3 is 6.09 Å². The molecule has 3 amide bonds. The lowest BCUT2D eigenvalue weighted by Gasteiger charge is -2.28. The largest absolute Gasteiger partial charge is 0.497 e. The van der Waals surface area contributed by atoms with Gasteiger partial charge in [-0.25, -0.2) is 14.8 Å². The Bertz CT molecular complexity index is 2320. The Kier molecular flexibility index (Phi) is 10.8. The van der Waals surface area contributed by atoms with Gasteiger partial charge < -0.3 is 34.6 Å². The summed E-state index contributed by atoms with van der Waals surface area (Å²) in [6, 6.07) is 32.3. The van der Waals surface area contributed by atoms with Crippen molar-refractivity contribution in [1.29, 1.82) is 0 Å². The van der Waals surface area contributed by atoms with Crippen LogP contribution in [0.4, 0.5) is 4.79 Å². The minimum absolute atomic E-state index is 0.0739. The number of carbonyl (C=O) groups is 3. The summed E-state index contributed by atoms with van der Waals surface area (Å²) in [5.74, 6) is 2.19. The minimum Gasteiger partial charge on any atom is -0.497 e. The summed E-state index contributed by atoms with van der Waals surface area (Å²) in [4.78, 5) is 59.5. The number of benzene rings is 4. The summed E-state index contributed by atoms with van der Waals surface area (Å²) < 4.78 is 10.1. The third kappa shape index (κ3) is 8.02. The first-order valence-electron chi connectivity index (χ1n) is 19.3. The highest BCUT2D eigenvalue weighted by Crippen LogP contribution is 2.35. The molecule has 290 valence electrons. The summed E-state index contributed by atoms with van der Waals surface area (Å²) in [7, 11) is 2.92. The second kappa shape index (κ2) is 16.6. The number of aromatic amines is 2. The van der Waals surface area contributed by atoms with E-state index in [9.17, 15) is 14.4 Å². The van der Waals surface area contributed by atoms with Crippen molar-refractivity contribution in [3.05, 3.63) is 138 Å². The van der Waals surface area contributed by atoms with Crippen LogP contribution in [0.5, 0.6) is 5.75 Å². The number of nitrogens with one attached hydrogen (secondary N) is 3. The molecule has 12 heteroatoms. The van der Waals surface area contributed by atoms with Gasteiger partial charge in [-0.05, 0) is 71.2 Å². The summed E-state index contributed by atoms with van der Waals surface area (Å²) in [6.45, 7) is 1.28. The number of ether oxygens (including phenoxy) is 2. The number of nitrogens with zero attached hydrogens (tertiary/aromatic N) is 4. The fraction of sp³-hybridized carbons (Fsp3) is 0.267. The van der Waals surface area contributed by atoms with Crippen molar-refractivity contribution >= 4 is 17.9 Å². The van der Waals surface area contributed by atoms with Crippen LogP contribution in [0.25, 0.3) is 33.6 Å². The molecule has 6 aromatic rings. The maximum absolute atomic E-state index is 13.9. The third-order valence-electron chi connectivity index (χ3n) is 11.0. The molecule has 2 fully saturated rings. The molecule has 2 saturated heterocycles. The van der Waals surface area contributed by atoms with Gasteiger partial charge in [0.25, 0.3) is 5.91 Å². The van der Waals surface area contributed by atoms with E-state index < -0.39 is 12.1 Å². The standard InChI is InChI=1S/C45H45N7O5/c1-56-35-22-12-29(13-23-35)26-40(53)51-24-6-10-38(51)42-46-27-36(48-42)32-18-14-30(15-19-32)31-16-20-33(21-17-31)37-28-47-43(49-37)39-11-7-25-52(39)44(54)41(50-45(55)57-2)34-8-4-3-5-9-34/h3-5,8-9,12-23,27-28,38-39,41H,6-7,10-11,24-26H2,1-2H3,(H,46,48)(H,47,49)(H,50,55)/t38-,39-,41+/m0/s1. The van der Waals surface area contributed by atoms with Crippen molar-refractivity contribution in [2.75, 3.05) is 27.3 Å². The number of H-pyrrole nitrogens is 2. The van der Waals surface area contributed by atoms with Gasteiger partial charge in [-0.3, -0.25) is 9.59 Å². The van der Waals surface area contributed by atoms with E-state index >= 15 is 0 Å². The van der Waals surface area contributed by atoms with Gasteiger partial charge in [0.15, 0.2) is 0 Å². The molecule has 3 atom stereocenters. The molecule has 3 N–H and O–H groups in total. The summed E-state index contributed by atoms with van der Waals surface area (Å²) in [6.07, 6.45) is 6.74. The average molecular weight is 764 g/mol. The zero-order chi connectivity index (χ0) is 39.3. The van der Waals surface area contributed by atoms with E-state index in [4.69, 9.17) is 19.4 Å². The van der Waals surface area contributed by atoms with Crippen LogP contribution in [0.3, 0.4) is 0 Å². The Morgan fingerprint density at radius 2 is 1.23 bits per heavy atom. The van der Waals surface area contributed by atoms with Crippen molar-refractivity contribution in [1.82, 2.24) is 35.1 Å². The number of carbonyl (C=O) groups excluding carboxylic acids is 3. The van der Waals surface area contributed by atoms with Crippen LogP contribution in [0.1, 0.15) is 66.6 Å². The van der Waals surface area contributed by atoms with E-state index in [1.807, 2.05) is 71.9 Å². The van der Waals surface area contributed by atoms with Crippen molar-refractivity contribution in [3.8, 4) is 39.4 Å². The van der Waals surface area contributed by atoms with Gasteiger partial charge in [-0.2, -0.15) is 0 Å². The van der Waals surface area contributed by atoms with Crippen LogP contribution >= 0.6 is 0 Å². The lowest BCUT2D eigenvalue weighted by Crippen LogP contribution is -2.42. The quantitative estimate of drug-likeness (QED) is 0.122. The molecule has 2 aromatic heterocycles. The highest BCUT2D eigenvalue weighted by molar-refractivity contribution is 5.87. The topological polar surface area (TPSA) is 146 Å². The number of rotatable bonds is 11. The van der Waals surface area contributed by atoms with Crippen LogP contribution < -0.4 is 10.1 Å². The molecule has 8 rings (SSSR count). The molecule has 12 nitrogen and oxygen atoms in total. The fourth-order valence-electron chi connectivity index (χ4n) is 7.95. The molecular weight excluding hydrogens is 719 g/mol. The number of hydrogen-bond acceptors (Lipinski definition) is 7. The lowest BCUT2D eigenvalue weighted by atomic mass is 10.0. The number of aromatic nitrogens is 4. The molecule has 57 heavy (non-hydrogen) atoms. The van der Waals surface area contributed by atoms with Crippen LogP contribution in [0, 0.1) is 0 Å². The van der Waals surface area contributed by atoms with Crippen LogP contribution in [-0.2, 0) is 20.7 Å². The van der Waals surface area contributed by atoms with E-state index in [1.165, 1.54) is 7.11 Å². The Balaban J connectivity index is 0.912. The Hall–Kier alpha value is -6.69. The highest BCUT2D eigenvalue weighted by Gasteiger charge is 2.37. The van der Waals surface area contributed by atoms with E-state index in [1.54, 1.807) is 12.0 Å². The number of hydrogen-bond donors (Lipinski definition) is 3. The summed E-state index contributed by atoms with van der Waals surface area (Å²) in [5, 5.41) is 2.72. The third-order valence-corrected chi connectivity index (χ3v) is 11.0. The molecule has 0 spiro atoms. The molecule has 4 aromatic carbocycles. The molecule has 4 heterocycles. The number of imidazole rings is 2. The number of methoxy groups -OCH3 is 2. The summed E-state index contributed by atoms with van der Waals surface area (Å²) in [5.41, 5.74) is 7.57. The number of likely N-dealkylation sites (tertiary alicyclic amines) is 2. The zero-order valence-corrected chi connectivity index (χ0v) is 32.0. The molecule has 2 aliphatic rings. The van der Waals surface area contributed by atoms with Gasteiger partial charge in [0.2, 0.25) is 5.91 Å². The maximum Gasteiger partial charge on any atom is 0.407 e. The Morgan fingerprint density at radius 1 is 0.702 bits per heavy atom.